The molecule has 4 nitrogen and oxygen atoms in total. The van der Waals surface area contributed by atoms with E-state index in [0.717, 1.165) is 25.7 Å². The van der Waals surface area contributed by atoms with Crippen molar-refractivity contribution in [3.05, 3.63) is 12.2 Å². The van der Waals surface area contributed by atoms with E-state index in [4.69, 9.17) is 10.6 Å². The SMILES string of the molecule is CCCCC[C@@H]1O[C@@H]1C/C=C\CCCCCCCC(=O)ON. The van der Waals surface area contributed by atoms with Crippen LogP contribution < -0.4 is 5.90 Å². The van der Waals surface area contributed by atoms with Crippen LogP contribution in [0, 0.1) is 0 Å². The van der Waals surface area contributed by atoms with Crippen molar-refractivity contribution in [2.75, 3.05) is 0 Å². The number of hydrogen-bond acceptors (Lipinski definition) is 4. The number of rotatable bonds is 14. The van der Waals surface area contributed by atoms with Crippen LogP contribution in [-0.4, -0.2) is 18.2 Å². The summed E-state index contributed by atoms with van der Waals surface area (Å²) in [6, 6.07) is 0. The van der Waals surface area contributed by atoms with Crippen molar-refractivity contribution in [1.82, 2.24) is 0 Å². The number of unbranched alkanes of at least 4 members (excludes halogenated alkanes) is 7. The molecule has 0 bridgehead atoms. The Balaban J connectivity index is 1.80. The minimum absolute atomic E-state index is 0.307. The van der Waals surface area contributed by atoms with Crippen molar-refractivity contribution < 1.29 is 14.4 Å². The first kappa shape index (κ1) is 19.2. The standard InChI is InChI=1S/C18H33NO3/c1-2-3-10-13-16-17(21-16)14-11-8-6-4-5-7-9-12-15-18(20)22-19/h8,11,16-17H,2-7,9-10,12-15,19H2,1H3/b11-8-/t16-,17+/m0/s1. The highest BCUT2D eigenvalue weighted by atomic mass is 16.7. The number of carbonyl (C=O) groups excluding carboxylic acids is 1. The van der Waals surface area contributed by atoms with Crippen LogP contribution in [0.4, 0.5) is 0 Å². The van der Waals surface area contributed by atoms with E-state index >= 15 is 0 Å². The van der Waals surface area contributed by atoms with E-state index in [9.17, 15) is 4.79 Å². The normalized spacial score (nSPS) is 20.5. The fourth-order valence-electron chi connectivity index (χ4n) is 2.70. The van der Waals surface area contributed by atoms with Gasteiger partial charge in [-0.3, -0.25) is 4.79 Å². The van der Waals surface area contributed by atoms with Gasteiger partial charge in [0.25, 0.3) is 0 Å². The second kappa shape index (κ2) is 12.7. The van der Waals surface area contributed by atoms with E-state index in [-0.39, 0.29) is 5.97 Å². The summed E-state index contributed by atoms with van der Waals surface area (Å²) in [5.74, 6) is 4.47. The van der Waals surface area contributed by atoms with Crippen LogP contribution in [0.1, 0.15) is 84.0 Å². The first-order chi connectivity index (χ1) is 10.8. The van der Waals surface area contributed by atoms with Crippen molar-refractivity contribution in [3.63, 3.8) is 0 Å². The van der Waals surface area contributed by atoms with Gasteiger partial charge in [0.05, 0.1) is 12.2 Å². The largest absolute Gasteiger partial charge is 0.373 e. The smallest absolute Gasteiger partial charge is 0.324 e. The molecule has 2 N–H and O–H groups in total. The summed E-state index contributed by atoms with van der Waals surface area (Å²) in [5.41, 5.74) is 0. The molecule has 1 rings (SSSR count). The molecule has 4 heteroatoms. The molecule has 1 fully saturated rings. The third-order valence-corrected chi connectivity index (χ3v) is 4.20. The van der Waals surface area contributed by atoms with Crippen LogP contribution in [0.2, 0.25) is 0 Å². The van der Waals surface area contributed by atoms with Gasteiger partial charge in [0.1, 0.15) is 0 Å². The van der Waals surface area contributed by atoms with Gasteiger partial charge in [0.2, 0.25) is 0 Å². The lowest BCUT2D eigenvalue weighted by Crippen LogP contribution is -2.08. The third-order valence-electron chi connectivity index (χ3n) is 4.20. The third kappa shape index (κ3) is 9.96. The molecule has 0 aliphatic carbocycles. The van der Waals surface area contributed by atoms with E-state index < -0.39 is 0 Å². The Morgan fingerprint density at radius 1 is 1.05 bits per heavy atom. The highest BCUT2D eigenvalue weighted by molar-refractivity contribution is 5.68. The molecule has 0 amide bonds. The van der Waals surface area contributed by atoms with E-state index in [0.29, 0.717) is 18.6 Å². The average Bonchev–Trinajstić information content (AvgIpc) is 3.27. The monoisotopic (exact) mass is 311 g/mol. The van der Waals surface area contributed by atoms with Gasteiger partial charge in [0.15, 0.2) is 0 Å². The first-order valence-corrected chi connectivity index (χ1v) is 8.98. The van der Waals surface area contributed by atoms with Gasteiger partial charge in [0, 0.05) is 6.42 Å². The second-order valence-corrected chi connectivity index (χ2v) is 6.21. The molecule has 1 aliphatic rings. The molecule has 2 atom stereocenters. The molecule has 0 saturated carbocycles. The lowest BCUT2D eigenvalue weighted by molar-refractivity contribution is -0.144. The van der Waals surface area contributed by atoms with E-state index in [1.165, 1.54) is 44.9 Å². The van der Waals surface area contributed by atoms with Crippen LogP contribution in [0.25, 0.3) is 0 Å². The van der Waals surface area contributed by atoms with E-state index in [1.54, 1.807) is 0 Å². The number of ether oxygens (including phenoxy) is 1. The van der Waals surface area contributed by atoms with Gasteiger partial charge in [-0.15, -0.1) is 0 Å². The van der Waals surface area contributed by atoms with Crippen LogP contribution >= 0.6 is 0 Å². The molecule has 1 saturated heterocycles. The second-order valence-electron chi connectivity index (χ2n) is 6.21. The van der Waals surface area contributed by atoms with E-state index in [2.05, 4.69) is 23.9 Å². The molecule has 0 aromatic carbocycles. The van der Waals surface area contributed by atoms with Crippen LogP contribution in [0.5, 0.6) is 0 Å². The summed E-state index contributed by atoms with van der Waals surface area (Å²) >= 11 is 0. The Morgan fingerprint density at radius 2 is 1.82 bits per heavy atom. The maximum absolute atomic E-state index is 10.8. The summed E-state index contributed by atoms with van der Waals surface area (Å²) in [7, 11) is 0. The van der Waals surface area contributed by atoms with E-state index in [1.807, 2.05) is 0 Å². The minimum Gasteiger partial charge on any atom is -0.373 e. The summed E-state index contributed by atoms with van der Waals surface area (Å²) in [5, 5.41) is 0. The van der Waals surface area contributed by atoms with Crippen molar-refractivity contribution >= 4 is 5.97 Å². The number of allylic oxidation sites excluding steroid dienone is 1. The minimum atomic E-state index is -0.307. The van der Waals surface area contributed by atoms with Crippen LogP contribution in [-0.2, 0) is 14.4 Å². The van der Waals surface area contributed by atoms with Crippen molar-refractivity contribution in [2.45, 2.75) is 96.2 Å². The highest BCUT2D eigenvalue weighted by Crippen LogP contribution is 2.30. The Bertz CT molecular complexity index is 317. The van der Waals surface area contributed by atoms with Gasteiger partial charge < -0.3 is 9.57 Å². The zero-order chi connectivity index (χ0) is 16.0. The van der Waals surface area contributed by atoms with Crippen LogP contribution in [0.15, 0.2) is 12.2 Å². The quantitative estimate of drug-likeness (QED) is 0.223. The lowest BCUT2D eigenvalue weighted by Gasteiger charge is -1.99. The predicted octanol–water partition coefficient (Wildman–Crippen LogP) is 4.43. The molecular weight excluding hydrogens is 278 g/mol. The van der Waals surface area contributed by atoms with Gasteiger partial charge in [-0.25, -0.2) is 0 Å². The van der Waals surface area contributed by atoms with Crippen molar-refractivity contribution in [2.24, 2.45) is 5.90 Å². The topological polar surface area (TPSA) is 64.8 Å². The average molecular weight is 311 g/mol. The number of hydrogen-bond donors (Lipinski definition) is 1. The molecule has 22 heavy (non-hydrogen) atoms. The zero-order valence-electron chi connectivity index (χ0n) is 14.1. The van der Waals surface area contributed by atoms with Gasteiger partial charge >= 0.3 is 5.97 Å². The van der Waals surface area contributed by atoms with Gasteiger partial charge in [-0.2, -0.15) is 5.90 Å². The highest BCUT2D eigenvalue weighted by Gasteiger charge is 2.36. The van der Waals surface area contributed by atoms with Crippen molar-refractivity contribution in [3.8, 4) is 0 Å². The fourth-order valence-corrected chi connectivity index (χ4v) is 2.70. The molecule has 0 spiro atoms. The zero-order valence-corrected chi connectivity index (χ0v) is 14.1. The number of epoxide rings is 1. The Morgan fingerprint density at radius 3 is 2.59 bits per heavy atom. The molecular formula is C18H33NO3. The molecule has 128 valence electrons. The summed E-state index contributed by atoms with van der Waals surface area (Å²) in [6.07, 6.45) is 19.0. The van der Waals surface area contributed by atoms with Crippen LogP contribution in [0.3, 0.4) is 0 Å². The van der Waals surface area contributed by atoms with Crippen molar-refractivity contribution in [1.29, 1.82) is 0 Å². The molecule has 0 aromatic heterocycles. The maximum Gasteiger partial charge on any atom is 0.324 e. The Labute approximate surface area is 135 Å². The molecule has 0 radical (unpaired) electrons. The first-order valence-electron chi connectivity index (χ1n) is 8.98. The molecule has 0 unspecified atom stereocenters. The fraction of sp³-hybridized carbons (Fsp3) is 0.833. The summed E-state index contributed by atoms with van der Waals surface area (Å²) in [4.78, 5) is 14.9. The predicted molar refractivity (Wildman–Crippen MR) is 89.2 cm³/mol. The lowest BCUT2D eigenvalue weighted by atomic mass is 10.1. The maximum atomic E-state index is 10.8. The molecule has 0 aromatic rings. The summed E-state index contributed by atoms with van der Waals surface area (Å²) < 4.78 is 5.67. The number of carbonyl (C=O) groups is 1. The van der Waals surface area contributed by atoms with Gasteiger partial charge in [-0.05, 0) is 32.1 Å². The molecule has 1 aliphatic heterocycles. The number of nitrogens with two attached hydrogens (primary N) is 1. The Hall–Kier alpha value is -0.870. The Kier molecular flexibility index (Phi) is 11.0. The summed E-state index contributed by atoms with van der Waals surface area (Å²) in [6.45, 7) is 2.24. The molecule has 1 heterocycles. The van der Waals surface area contributed by atoms with Gasteiger partial charge in [-0.1, -0.05) is 57.6 Å².